The molecule has 0 aliphatic rings. The summed E-state index contributed by atoms with van der Waals surface area (Å²) >= 11 is 2.04. The molecule has 1 rings (SSSR count). The molecule has 0 amide bonds. The molecule has 1 aromatic carbocycles. The van der Waals surface area contributed by atoms with Crippen LogP contribution in [0.4, 0.5) is 0 Å². The average molecular weight is 389 g/mol. The first-order valence-electron chi connectivity index (χ1n) is 8.54. The summed E-state index contributed by atoms with van der Waals surface area (Å²) in [6, 6.07) is 7.44. The third-order valence-electron chi connectivity index (χ3n) is 3.69. The van der Waals surface area contributed by atoms with Crippen molar-refractivity contribution in [2.45, 2.75) is 76.0 Å². The minimum absolute atomic E-state index is 0.583. The highest BCUT2D eigenvalue weighted by molar-refractivity contribution is 9.10. The topological polar surface area (TPSA) is 26.3 Å². The molecule has 0 aliphatic carbocycles. The fraction of sp³-hybridized carbons (Fsp3) is 0.667. The average Bonchev–Trinajstić information content (AvgIpc) is 2.53. The van der Waals surface area contributed by atoms with E-state index in [-0.39, 0.29) is 0 Å². The fourth-order valence-corrected chi connectivity index (χ4v) is 3.37. The second kappa shape index (κ2) is 13.3. The molecule has 1 aromatic rings. The molecule has 126 valence electrons. The van der Waals surface area contributed by atoms with Crippen LogP contribution in [0.1, 0.15) is 71.1 Å². The highest BCUT2D eigenvalue weighted by Crippen LogP contribution is 2.15. The summed E-state index contributed by atoms with van der Waals surface area (Å²) < 4.78 is 18.3. The van der Waals surface area contributed by atoms with Crippen LogP contribution in [-0.2, 0) is 15.3 Å². The van der Waals surface area contributed by atoms with Gasteiger partial charge < -0.3 is 0 Å². The lowest BCUT2D eigenvalue weighted by atomic mass is 10.1. The molecule has 0 radical (unpaired) electrons. The Morgan fingerprint density at radius 1 is 0.864 bits per heavy atom. The zero-order valence-corrected chi connectivity index (χ0v) is 16.1. The Balaban J connectivity index is 1.93. The Morgan fingerprint density at radius 2 is 1.36 bits per heavy atom. The van der Waals surface area contributed by atoms with E-state index in [0.717, 1.165) is 15.8 Å². The van der Waals surface area contributed by atoms with Crippen LogP contribution in [0.3, 0.4) is 0 Å². The molecular formula is C18H29BrO2S. The lowest BCUT2D eigenvalue weighted by molar-refractivity contribution is 0.332. The summed E-state index contributed by atoms with van der Waals surface area (Å²) in [4.78, 5) is 0.732. The van der Waals surface area contributed by atoms with Crippen LogP contribution in [0.15, 0.2) is 33.6 Å². The van der Waals surface area contributed by atoms with E-state index in [1.54, 1.807) is 0 Å². The molecule has 0 aliphatic heterocycles. The van der Waals surface area contributed by atoms with Crippen molar-refractivity contribution in [2.75, 3.05) is 6.61 Å². The second-order valence-corrected chi connectivity index (χ2v) is 7.78. The number of rotatable bonds is 13. The smallest absolute Gasteiger partial charge is 0.189 e. The lowest BCUT2D eigenvalue weighted by Gasteiger charge is -2.04. The molecule has 0 fully saturated rings. The molecule has 0 aromatic heterocycles. The first-order chi connectivity index (χ1) is 10.7. The summed E-state index contributed by atoms with van der Waals surface area (Å²) in [5.41, 5.74) is 0. The minimum Gasteiger partial charge on any atom is -0.287 e. The van der Waals surface area contributed by atoms with E-state index < -0.39 is 11.1 Å². The van der Waals surface area contributed by atoms with E-state index >= 15 is 0 Å². The predicted molar refractivity (Wildman–Crippen MR) is 98.3 cm³/mol. The summed E-state index contributed by atoms with van der Waals surface area (Å²) in [6.07, 6.45) is 13.0. The third kappa shape index (κ3) is 9.75. The van der Waals surface area contributed by atoms with E-state index in [0.29, 0.717) is 6.61 Å². The maximum Gasteiger partial charge on any atom is 0.189 e. The third-order valence-corrected chi connectivity index (χ3v) is 5.26. The van der Waals surface area contributed by atoms with Crippen molar-refractivity contribution in [3.63, 3.8) is 0 Å². The molecule has 2 nitrogen and oxygen atoms in total. The molecule has 1 unspecified atom stereocenters. The molecule has 0 N–H and O–H groups in total. The number of benzene rings is 1. The Hall–Kier alpha value is -0.190. The van der Waals surface area contributed by atoms with E-state index in [9.17, 15) is 4.21 Å². The van der Waals surface area contributed by atoms with Gasteiger partial charge >= 0.3 is 0 Å². The van der Waals surface area contributed by atoms with E-state index in [2.05, 4.69) is 22.9 Å². The molecule has 0 saturated carbocycles. The second-order valence-electron chi connectivity index (χ2n) is 5.69. The highest BCUT2D eigenvalue weighted by Gasteiger charge is 2.03. The van der Waals surface area contributed by atoms with Crippen molar-refractivity contribution in [3.05, 3.63) is 28.7 Å². The van der Waals surface area contributed by atoms with Gasteiger partial charge in [0.15, 0.2) is 11.1 Å². The monoisotopic (exact) mass is 388 g/mol. The Labute approximate surface area is 146 Å². The summed E-state index contributed by atoms with van der Waals surface area (Å²) in [6.45, 7) is 2.84. The van der Waals surface area contributed by atoms with E-state index in [1.165, 1.54) is 57.8 Å². The zero-order chi connectivity index (χ0) is 16.0. The van der Waals surface area contributed by atoms with Crippen LogP contribution >= 0.6 is 15.9 Å². The molecule has 4 heteroatoms. The first kappa shape index (κ1) is 19.9. The van der Waals surface area contributed by atoms with Crippen molar-refractivity contribution in [2.24, 2.45) is 0 Å². The van der Waals surface area contributed by atoms with Crippen molar-refractivity contribution < 1.29 is 8.39 Å². The van der Waals surface area contributed by atoms with Gasteiger partial charge in [-0.1, -0.05) is 80.6 Å². The van der Waals surface area contributed by atoms with Gasteiger partial charge in [-0.15, -0.1) is 0 Å². The van der Waals surface area contributed by atoms with Crippen molar-refractivity contribution in [3.8, 4) is 0 Å². The van der Waals surface area contributed by atoms with Gasteiger partial charge in [0, 0.05) is 4.47 Å². The standard InChI is InChI=1S/C18H29BrO2S/c1-2-3-4-5-6-7-8-9-10-11-16-21-22(20)18-14-12-17(19)13-15-18/h12-15H,2-11,16H2,1H3. The number of hydrogen-bond donors (Lipinski definition) is 0. The molecular weight excluding hydrogens is 360 g/mol. The van der Waals surface area contributed by atoms with Gasteiger partial charge in [-0.25, -0.2) is 4.21 Å². The Bertz CT molecular complexity index is 406. The minimum atomic E-state index is -1.33. The van der Waals surface area contributed by atoms with E-state index in [1.807, 2.05) is 24.3 Å². The highest BCUT2D eigenvalue weighted by atomic mass is 79.9. The van der Waals surface area contributed by atoms with Gasteiger partial charge in [0.25, 0.3) is 0 Å². The van der Waals surface area contributed by atoms with Gasteiger partial charge in [0.2, 0.25) is 0 Å². The summed E-state index contributed by atoms with van der Waals surface area (Å²) in [5.74, 6) is 0. The molecule has 0 heterocycles. The fourth-order valence-electron chi connectivity index (χ4n) is 2.34. The Kier molecular flexibility index (Phi) is 12.0. The maximum absolute atomic E-state index is 11.9. The van der Waals surface area contributed by atoms with Crippen molar-refractivity contribution in [1.29, 1.82) is 0 Å². The maximum atomic E-state index is 11.9. The molecule has 1 atom stereocenters. The summed E-state index contributed by atoms with van der Waals surface area (Å²) in [7, 11) is 0. The molecule has 0 bridgehead atoms. The molecule has 22 heavy (non-hydrogen) atoms. The molecule has 0 saturated heterocycles. The molecule has 0 spiro atoms. The van der Waals surface area contributed by atoms with Crippen LogP contribution in [0.25, 0.3) is 0 Å². The first-order valence-corrected chi connectivity index (χ1v) is 10.4. The zero-order valence-electron chi connectivity index (χ0n) is 13.7. The predicted octanol–water partition coefficient (Wildman–Crippen LogP) is 6.41. The van der Waals surface area contributed by atoms with E-state index in [4.69, 9.17) is 4.18 Å². The van der Waals surface area contributed by atoms with Gasteiger partial charge in [-0.05, 0) is 30.7 Å². The lowest BCUT2D eigenvalue weighted by Crippen LogP contribution is -2.00. The number of unbranched alkanes of at least 4 members (excludes halogenated alkanes) is 9. The normalized spacial score (nSPS) is 12.5. The van der Waals surface area contributed by atoms with Gasteiger partial charge in [-0.3, -0.25) is 4.18 Å². The van der Waals surface area contributed by atoms with Crippen molar-refractivity contribution >= 4 is 27.0 Å². The summed E-state index contributed by atoms with van der Waals surface area (Å²) in [5, 5.41) is 0. The number of hydrogen-bond acceptors (Lipinski definition) is 2. The quantitative estimate of drug-likeness (QED) is 0.365. The Morgan fingerprint density at radius 3 is 1.91 bits per heavy atom. The van der Waals surface area contributed by atoms with Crippen LogP contribution in [0.2, 0.25) is 0 Å². The van der Waals surface area contributed by atoms with Crippen LogP contribution in [-0.4, -0.2) is 10.8 Å². The SMILES string of the molecule is CCCCCCCCCCCCOS(=O)c1ccc(Br)cc1. The van der Waals surface area contributed by atoms with Crippen LogP contribution in [0.5, 0.6) is 0 Å². The number of halogens is 1. The largest absolute Gasteiger partial charge is 0.287 e. The van der Waals surface area contributed by atoms with Gasteiger partial charge in [-0.2, -0.15) is 0 Å². The van der Waals surface area contributed by atoms with Gasteiger partial charge in [0.1, 0.15) is 0 Å². The van der Waals surface area contributed by atoms with Crippen LogP contribution < -0.4 is 0 Å². The van der Waals surface area contributed by atoms with Crippen molar-refractivity contribution in [1.82, 2.24) is 0 Å². The van der Waals surface area contributed by atoms with Crippen LogP contribution in [0, 0.1) is 0 Å². The van der Waals surface area contributed by atoms with Gasteiger partial charge in [0.05, 0.1) is 11.5 Å².